The number of halogens is 1. The highest BCUT2D eigenvalue weighted by atomic mass is 79.9. The number of benzene rings is 1. The van der Waals surface area contributed by atoms with Crippen molar-refractivity contribution in [2.45, 2.75) is 32.2 Å². The van der Waals surface area contributed by atoms with E-state index in [-0.39, 0.29) is 17.9 Å². The average molecular weight is 326 g/mol. The molecule has 102 valence electrons. The maximum Gasteiger partial charge on any atom is 0.306 e. The molecule has 0 saturated heterocycles. The predicted molar refractivity (Wildman–Crippen MR) is 75.1 cm³/mol. The summed E-state index contributed by atoms with van der Waals surface area (Å²) in [6, 6.07) is 5.45. The maximum atomic E-state index is 12.2. The number of hydrogen-bond acceptors (Lipinski definition) is 2. The van der Waals surface area contributed by atoms with Gasteiger partial charge in [-0.2, -0.15) is 0 Å². The molecule has 1 aliphatic carbocycles. The number of carbonyl (C=O) groups is 2. The van der Waals surface area contributed by atoms with Crippen molar-refractivity contribution in [2.75, 3.05) is 0 Å². The fourth-order valence-corrected chi connectivity index (χ4v) is 2.82. The molecular weight excluding hydrogens is 310 g/mol. The van der Waals surface area contributed by atoms with Gasteiger partial charge in [-0.3, -0.25) is 9.59 Å². The molecule has 2 atom stereocenters. The third-order valence-electron chi connectivity index (χ3n) is 3.63. The van der Waals surface area contributed by atoms with E-state index in [1.165, 1.54) is 0 Å². The molecule has 0 radical (unpaired) electrons. The van der Waals surface area contributed by atoms with Crippen molar-refractivity contribution in [3.8, 4) is 0 Å². The Hall–Kier alpha value is -1.36. The van der Waals surface area contributed by atoms with Gasteiger partial charge in [0.2, 0.25) is 0 Å². The van der Waals surface area contributed by atoms with Gasteiger partial charge in [0.25, 0.3) is 5.91 Å². The van der Waals surface area contributed by atoms with E-state index in [2.05, 4.69) is 21.2 Å². The Morgan fingerprint density at radius 3 is 2.74 bits per heavy atom. The maximum absolute atomic E-state index is 12.2. The zero-order chi connectivity index (χ0) is 14.0. The molecule has 1 aliphatic rings. The second-order valence-electron chi connectivity index (χ2n) is 4.93. The van der Waals surface area contributed by atoms with Gasteiger partial charge in [0.15, 0.2) is 0 Å². The number of carbonyl (C=O) groups excluding carboxylic acids is 1. The van der Waals surface area contributed by atoms with Crippen molar-refractivity contribution in [3.05, 3.63) is 33.8 Å². The number of carboxylic acid groups (broad SMARTS) is 1. The van der Waals surface area contributed by atoms with Crippen molar-refractivity contribution in [3.63, 3.8) is 0 Å². The fourth-order valence-electron chi connectivity index (χ4n) is 2.45. The quantitative estimate of drug-likeness (QED) is 0.897. The number of nitrogens with one attached hydrogen (secondary N) is 1. The highest BCUT2D eigenvalue weighted by Gasteiger charge is 2.30. The van der Waals surface area contributed by atoms with Gasteiger partial charge in [-0.1, -0.05) is 22.0 Å². The Labute approximate surface area is 120 Å². The Morgan fingerprint density at radius 2 is 2.11 bits per heavy atom. The smallest absolute Gasteiger partial charge is 0.306 e. The van der Waals surface area contributed by atoms with E-state index in [0.29, 0.717) is 18.4 Å². The van der Waals surface area contributed by atoms with E-state index in [1.54, 1.807) is 6.07 Å². The summed E-state index contributed by atoms with van der Waals surface area (Å²) in [5.74, 6) is -1.22. The normalized spacial score (nSPS) is 22.2. The minimum Gasteiger partial charge on any atom is -0.481 e. The van der Waals surface area contributed by atoms with Crippen LogP contribution in [0.1, 0.15) is 35.2 Å². The summed E-state index contributed by atoms with van der Waals surface area (Å²) >= 11 is 3.40. The lowest BCUT2D eigenvalue weighted by Gasteiger charge is -2.14. The van der Waals surface area contributed by atoms with Crippen molar-refractivity contribution in [1.29, 1.82) is 0 Å². The first-order chi connectivity index (χ1) is 8.99. The standard InChI is InChI=1S/C14H16BrNO3/c1-8-11(3-2-4-12(8)15)13(17)16-10-6-5-9(7-10)14(18)19/h2-4,9-10H,5-7H2,1H3,(H,16,17)(H,18,19)/t9-,10+/m0/s1. The number of hydrogen-bond donors (Lipinski definition) is 2. The van der Waals surface area contributed by atoms with Crippen LogP contribution in [0.25, 0.3) is 0 Å². The zero-order valence-electron chi connectivity index (χ0n) is 10.6. The summed E-state index contributed by atoms with van der Waals surface area (Å²) in [5.41, 5.74) is 1.53. The molecule has 0 aromatic heterocycles. The SMILES string of the molecule is Cc1c(Br)cccc1C(=O)N[C@@H]1CC[C@H](C(=O)O)C1. The van der Waals surface area contributed by atoms with Crippen LogP contribution in [0, 0.1) is 12.8 Å². The molecule has 0 spiro atoms. The molecular formula is C14H16BrNO3. The van der Waals surface area contributed by atoms with E-state index in [1.807, 2.05) is 19.1 Å². The molecule has 19 heavy (non-hydrogen) atoms. The van der Waals surface area contributed by atoms with Crippen LogP contribution >= 0.6 is 15.9 Å². The zero-order valence-corrected chi connectivity index (χ0v) is 12.2. The lowest BCUT2D eigenvalue weighted by molar-refractivity contribution is -0.141. The Kier molecular flexibility index (Phi) is 4.24. The fraction of sp³-hybridized carbons (Fsp3) is 0.429. The van der Waals surface area contributed by atoms with Gasteiger partial charge in [0.05, 0.1) is 5.92 Å². The summed E-state index contributed by atoms with van der Waals surface area (Å²) in [6.07, 6.45) is 1.89. The number of carboxylic acids is 1. The van der Waals surface area contributed by atoms with E-state index in [4.69, 9.17) is 5.11 Å². The molecule has 4 nitrogen and oxygen atoms in total. The van der Waals surface area contributed by atoms with Crippen LogP contribution in [0.3, 0.4) is 0 Å². The highest BCUT2D eigenvalue weighted by molar-refractivity contribution is 9.10. The summed E-state index contributed by atoms with van der Waals surface area (Å²) in [5, 5.41) is 11.9. The van der Waals surface area contributed by atoms with Crippen molar-refractivity contribution in [2.24, 2.45) is 5.92 Å². The predicted octanol–water partition coefficient (Wildman–Crippen LogP) is 2.74. The highest BCUT2D eigenvalue weighted by Crippen LogP contribution is 2.26. The first kappa shape index (κ1) is 14.1. The molecule has 0 bridgehead atoms. The third-order valence-corrected chi connectivity index (χ3v) is 4.49. The largest absolute Gasteiger partial charge is 0.481 e. The number of aliphatic carboxylic acids is 1. The second kappa shape index (κ2) is 5.74. The van der Waals surface area contributed by atoms with Gasteiger partial charge in [0, 0.05) is 16.1 Å². The first-order valence-corrected chi connectivity index (χ1v) is 7.07. The van der Waals surface area contributed by atoms with Crippen LogP contribution in [0.5, 0.6) is 0 Å². The molecule has 1 fully saturated rings. The van der Waals surface area contributed by atoms with E-state index in [9.17, 15) is 9.59 Å². The molecule has 2 N–H and O–H groups in total. The molecule has 1 saturated carbocycles. The summed E-state index contributed by atoms with van der Waals surface area (Å²) in [6.45, 7) is 1.88. The molecule has 1 aromatic carbocycles. The van der Waals surface area contributed by atoms with Gasteiger partial charge in [-0.25, -0.2) is 0 Å². The van der Waals surface area contributed by atoms with Crippen LogP contribution in [0.4, 0.5) is 0 Å². The summed E-state index contributed by atoms with van der Waals surface area (Å²) in [7, 11) is 0. The van der Waals surface area contributed by atoms with Crippen LogP contribution in [0.2, 0.25) is 0 Å². The van der Waals surface area contributed by atoms with Crippen LogP contribution in [-0.4, -0.2) is 23.0 Å². The molecule has 2 rings (SSSR count). The van der Waals surface area contributed by atoms with Crippen molar-refractivity contribution in [1.82, 2.24) is 5.32 Å². The average Bonchev–Trinajstić information content (AvgIpc) is 2.81. The lowest BCUT2D eigenvalue weighted by atomic mass is 10.1. The van der Waals surface area contributed by atoms with Crippen LogP contribution in [0.15, 0.2) is 22.7 Å². The second-order valence-corrected chi connectivity index (χ2v) is 5.79. The minimum absolute atomic E-state index is 0.0352. The lowest BCUT2D eigenvalue weighted by Crippen LogP contribution is -2.33. The molecule has 0 aliphatic heterocycles. The monoisotopic (exact) mass is 325 g/mol. The molecule has 0 unspecified atom stereocenters. The van der Waals surface area contributed by atoms with Crippen molar-refractivity contribution >= 4 is 27.8 Å². The minimum atomic E-state index is -0.768. The van der Waals surface area contributed by atoms with E-state index in [0.717, 1.165) is 16.5 Å². The van der Waals surface area contributed by atoms with Crippen LogP contribution < -0.4 is 5.32 Å². The number of amides is 1. The Bertz CT molecular complexity index is 515. The van der Waals surface area contributed by atoms with Gasteiger partial charge in [-0.05, 0) is 43.9 Å². The van der Waals surface area contributed by atoms with Crippen molar-refractivity contribution < 1.29 is 14.7 Å². The van der Waals surface area contributed by atoms with Gasteiger partial charge < -0.3 is 10.4 Å². The topological polar surface area (TPSA) is 66.4 Å². The van der Waals surface area contributed by atoms with E-state index >= 15 is 0 Å². The van der Waals surface area contributed by atoms with Gasteiger partial charge in [-0.15, -0.1) is 0 Å². The van der Waals surface area contributed by atoms with Crippen LogP contribution in [-0.2, 0) is 4.79 Å². The number of rotatable bonds is 3. The summed E-state index contributed by atoms with van der Waals surface area (Å²) in [4.78, 5) is 23.1. The Balaban J connectivity index is 2.02. The van der Waals surface area contributed by atoms with Gasteiger partial charge >= 0.3 is 5.97 Å². The molecule has 0 heterocycles. The summed E-state index contributed by atoms with van der Waals surface area (Å²) < 4.78 is 0.898. The first-order valence-electron chi connectivity index (χ1n) is 6.28. The molecule has 5 heteroatoms. The molecule has 1 amide bonds. The Morgan fingerprint density at radius 1 is 1.37 bits per heavy atom. The molecule has 1 aromatic rings. The third kappa shape index (κ3) is 3.15. The van der Waals surface area contributed by atoms with Gasteiger partial charge in [0.1, 0.15) is 0 Å². The van der Waals surface area contributed by atoms with E-state index < -0.39 is 5.97 Å².